The van der Waals surface area contributed by atoms with Crippen LogP contribution in [0.3, 0.4) is 0 Å². The Hall–Kier alpha value is -0.820. The standard InChI is InChI=1S/C5H9NO5S/c1-6-3-4(10-5(6)7)11-12(2,8)9/h4H,3H2,1-2H3. The van der Waals surface area contributed by atoms with E-state index in [-0.39, 0.29) is 6.54 Å². The number of cyclic esters (lactones) is 1. The number of amides is 1. The van der Waals surface area contributed by atoms with Gasteiger partial charge >= 0.3 is 6.09 Å². The summed E-state index contributed by atoms with van der Waals surface area (Å²) in [6.07, 6.45) is -0.680. The molecule has 1 atom stereocenters. The van der Waals surface area contributed by atoms with Crippen molar-refractivity contribution in [1.29, 1.82) is 0 Å². The van der Waals surface area contributed by atoms with Crippen LogP contribution in [0.2, 0.25) is 0 Å². The van der Waals surface area contributed by atoms with Crippen LogP contribution in [0.15, 0.2) is 0 Å². The Labute approximate surface area is 70.2 Å². The van der Waals surface area contributed by atoms with Crippen molar-refractivity contribution < 1.29 is 22.1 Å². The lowest BCUT2D eigenvalue weighted by molar-refractivity contribution is 0.0113. The van der Waals surface area contributed by atoms with Crippen LogP contribution in [-0.4, -0.2) is 45.5 Å². The molecule has 1 aliphatic heterocycles. The molecule has 0 radical (unpaired) electrons. The van der Waals surface area contributed by atoms with Crippen LogP contribution in [0.4, 0.5) is 4.79 Å². The third kappa shape index (κ3) is 2.35. The quantitative estimate of drug-likeness (QED) is 0.548. The van der Waals surface area contributed by atoms with E-state index in [2.05, 4.69) is 8.92 Å². The molecule has 1 amide bonds. The van der Waals surface area contributed by atoms with Crippen molar-refractivity contribution in [2.45, 2.75) is 6.29 Å². The Kier molecular flexibility index (Phi) is 2.25. The first-order valence-corrected chi connectivity index (χ1v) is 5.00. The average molecular weight is 195 g/mol. The van der Waals surface area contributed by atoms with Crippen molar-refractivity contribution in [2.24, 2.45) is 0 Å². The van der Waals surface area contributed by atoms with Gasteiger partial charge in [0.2, 0.25) is 6.29 Å². The molecule has 1 unspecified atom stereocenters. The lowest BCUT2D eigenvalue weighted by Gasteiger charge is -2.05. The second kappa shape index (κ2) is 2.91. The van der Waals surface area contributed by atoms with Crippen LogP contribution < -0.4 is 0 Å². The molecule has 12 heavy (non-hydrogen) atoms. The summed E-state index contributed by atoms with van der Waals surface area (Å²) in [4.78, 5) is 11.9. The second-order valence-electron chi connectivity index (χ2n) is 2.49. The summed E-state index contributed by atoms with van der Waals surface area (Å²) in [5.41, 5.74) is 0. The van der Waals surface area contributed by atoms with Crippen LogP contribution in [-0.2, 0) is 19.0 Å². The number of ether oxygens (including phenoxy) is 1. The number of carbonyl (C=O) groups excluding carboxylic acids is 1. The fourth-order valence-electron chi connectivity index (χ4n) is 0.783. The predicted molar refractivity (Wildman–Crippen MR) is 38.8 cm³/mol. The Bertz CT molecular complexity index is 284. The Morgan fingerprint density at radius 3 is 2.58 bits per heavy atom. The van der Waals surface area contributed by atoms with Crippen molar-refractivity contribution in [2.75, 3.05) is 19.8 Å². The monoisotopic (exact) mass is 195 g/mol. The number of hydrogen-bond acceptors (Lipinski definition) is 5. The van der Waals surface area contributed by atoms with E-state index >= 15 is 0 Å². The molecule has 7 heteroatoms. The maximum atomic E-state index is 10.7. The van der Waals surface area contributed by atoms with Gasteiger partial charge in [-0.15, -0.1) is 0 Å². The van der Waals surface area contributed by atoms with Crippen molar-refractivity contribution in [1.82, 2.24) is 4.90 Å². The molecule has 1 saturated heterocycles. The zero-order valence-corrected chi connectivity index (χ0v) is 7.50. The molecule has 1 rings (SSSR count). The van der Waals surface area contributed by atoms with Gasteiger partial charge in [-0.25, -0.2) is 8.98 Å². The van der Waals surface area contributed by atoms with Gasteiger partial charge < -0.3 is 9.64 Å². The highest BCUT2D eigenvalue weighted by Crippen LogP contribution is 2.11. The van der Waals surface area contributed by atoms with E-state index in [0.717, 1.165) is 6.26 Å². The minimum absolute atomic E-state index is 0.131. The van der Waals surface area contributed by atoms with E-state index in [4.69, 9.17) is 0 Å². The zero-order chi connectivity index (χ0) is 9.35. The largest absolute Gasteiger partial charge is 0.416 e. The van der Waals surface area contributed by atoms with Crippen LogP contribution in [0, 0.1) is 0 Å². The van der Waals surface area contributed by atoms with Crippen LogP contribution in [0.5, 0.6) is 0 Å². The highest BCUT2D eigenvalue weighted by molar-refractivity contribution is 7.86. The maximum Gasteiger partial charge on any atom is 0.412 e. The van der Waals surface area contributed by atoms with Crippen molar-refractivity contribution in [3.63, 3.8) is 0 Å². The lowest BCUT2D eigenvalue weighted by Crippen LogP contribution is -2.22. The van der Waals surface area contributed by atoms with Crippen LogP contribution >= 0.6 is 0 Å². The molecule has 1 heterocycles. The van der Waals surface area contributed by atoms with Crippen molar-refractivity contribution >= 4 is 16.2 Å². The van der Waals surface area contributed by atoms with E-state index in [0.29, 0.717) is 0 Å². The Balaban J connectivity index is 2.54. The molecule has 0 aromatic heterocycles. The number of likely N-dealkylation sites (N-methyl/N-ethyl adjacent to an activating group) is 1. The lowest BCUT2D eigenvalue weighted by atomic mass is 10.6. The molecule has 0 aliphatic carbocycles. The number of carbonyl (C=O) groups is 1. The second-order valence-corrected chi connectivity index (χ2v) is 4.09. The minimum atomic E-state index is -3.56. The molecule has 0 aromatic carbocycles. The fourth-order valence-corrected chi connectivity index (χ4v) is 1.27. The predicted octanol–water partition coefficient (Wildman–Crippen LogP) is -0.629. The Morgan fingerprint density at radius 2 is 2.25 bits per heavy atom. The molecule has 70 valence electrons. The minimum Gasteiger partial charge on any atom is -0.416 e. The summed E-state index contributed by atoms with van der Waals surface area (Å²) in [6.45, 7) is 0.131. The van der Waals surface area contributed by atoms with Gasteiger partial charge in [-0.3, -0.25) is 0 Å². The van der Waals surface area contributed by atoms with Crippen molar-refractivity contribution in [3.05, 3.63) is 0 Å². The molecular formula is C5H9NO5S. The SMILES string of the molecule is CN1CC(OS(C)(=O)=O)OC1=O. The van der Waals surface area contributed by atoms with Crippen LogP contribution in [0.25, 0.3) is 0 Å². The number of hydrogen-bond donors (Lipinski definition) is 0. The highest BCUT2D eigenvalue weighted by atomic mass is 32.2. The molecule has 0 aromatic rings. The third-order valence-corrected chi connectivity index (χ3v) is 1.81. The van der Waals surface area contributed by atoms with Crippen LogP contribution in [0.1, 0.15) is 0 Å². The molecule has 6 nitrogen and oxygen atoms in total. The summed E-state index contributed by atoms with van der Waals surface area (Å²) in [5.74, 6) is 0. The smallest absolute Gasteiger partial charge is 0.412 e. The van der Waals surface area contributed by atoms with Gasteiger partial charge in [0.1, 0.15) is 0 Å². The molecule has 0 spiro atoms. The van der Waals surface area contributed by atoms with E-state index in [9.17, 15) is 13.2 Å². The number of nitrogens with zero attached hydrogens (tertiary/aromatic N) is 1. The van der Waals surface area contributed by atoms with E-state index in [1.807, 2.05) is 0 Å². The van der Waals surface area contributed by atoms with Gasteiger partial charge in [0.25, 0.3) is 10.1 Å². The first kappa shape index (κ1) is 9.27. The van der Waals surface area contributed by atoms with Gasteiger partial charge in [-0.05, 0) is 0 Å². The molecule has 1 fully saturated rings. The summed E-state index contributed by atoms with van der Waals surface area (Å²) < 4.78 is 30.1. The Morgan fingerprint density at radius 1 is 1.67 bits per heavy atom. The normalized spacial score (nSPS) is 24.3. The summed E-state index contributed by atoms with van der Waals surface area (Å²) in [5, 5.41) is 0. The van der Waals surface area contributed by atoms with E-state index in [1.165, 1.54) is 11.9 Å². The van der Waals surface area contributed by atoms with Gasteiger partial charge in [0, 0.05) is 7.05 Å². The first-order chi connectivity index (χ1) is 5.38. The van der Waals surface area contributed by atoms with Gasteiger partial charge in [0.05, 0.1) is 12.8 Å². The fraction of sp³-hybridized carbons (Fsp3) is 0.800. The maximum absolute atomic E-state index is 10.7. The zero-order valence-electron chi connectivity index (χ0n) is 6.68. The molecule has 1 aliphatic rings. The van der Waals surface area contributed by atoms with Gasteiger partial charge in [0.15, 0.2) is 0 Å². The summed E-state index contributed by atoms with van der Waals surface area (Å²) in [6, 6.07) is 0. The molecule has 0 saturated carbocycles. The average Bonchev–Trinajstić information content (AvgIpc) is 2.07. The first-order valence-electron chi connectivity index (χ1n) is 3.18. The summed E-state index contributed by atoms with van der Waals surface area (Å²) in [7, 11) is -2.06. The van der Waals surface area contributed by atoms with Gasteiger partial charge in [-0.1, -0.05) is 0 Å². The van der Waals surface area contributed by atoms with E-state index < -0.39 is 22.5 Å². The molecular weight excluding hydrogens is 186 g/mol. The molecule has 0 bridgehead atoms. The highest BCUT2D eigenvalue weighted by Gasteiger charge is 2.31. The van der Waals surface area contributed by atoms with E-state index in [1.54, 1.807) is 0 Å². The molecule has 0 N–H and O–H groups in total. The third-order valence-electron chi connectivity index (χ3n) is 1.25. The topological polar surface area (TPSA) is 72.9 Å². The van der Waals surface area contributed by atoms with Gasteiger partial charge in [-0.2, -0.15) is 8.42 Å². The van der Waals surface area contributed by atoms with Crippen molar-refractivity contribution in [3.8, 4) is 0 Å². The summed E-state index contributed by atoms with van der Waals surface area (Å²) >= 11 is 0. The number of rotatable bonds is 2.